The third-order valence-corrected chi connectivity index (χ3v) is 8.82. The molecule has 2 amide bonds. The molecule has 4 heterocycles. The number of carbonyl (C=O) groups excluding carboxylic acids is 2. The number of alkyl halides is 3. The van der Waals surface area contributed by atoms with Crippen molar-refractivity contribution >= 4 is 56.7 Å². The molecule has 2 N–H and O–H groups in total. The Balaban J connectivity index is 1.27. The monoisotopic (exact) mass is 701 g/mol. The van der Waals surface area contributed by atoms with Crippen molar-refractivity contribution in [3.63, 3.8) is 0 Å². The van der Waals surface area contributed by atoms with Gasteiger partial charge in [0.2, 0.25) is 5.91 Å². The molecule has 0 unspecified atom stereocenters. The van der Waals surface area contributed by atoms with Gasteiger partial charge in [0.05, 0.1) is 41.8 Å². The maximum Gasteiger partial charge on any atom is 0.434 e. The van der Waals surface area contributed by atoms with Crippen LogP contribution in [0.1, 0.15) is 16.1 Å². The van der Waals surface area contributed by atoms with Gasteiger partial charge in [0.15, 0.2) is 5.69 Å². The minimum absolute atomic E-state index is 0.0918. The Hall–Kier alpha value is -5.96. The molecule has 0 spiro atoms. The van der Waals surface area contributed by atoms with Gasteiger partial charge in [0.25, 0.3) is 5.91 Å². The molecule has 0 aliphatic carbocycles. The Bertz CT molecular complexity index is 2280. The zero-order chi connectivity index (χ0) is 35.2. The lowest BCUT2D eigenvalue weighted by Gasteiger charge is -2.35. The number of halogens is 4. The number of methoxy groups -OCH3 is 1. The van der Waals surface area contributed by atoms with Gasteiger partial charge in [0.1, 0.15) is 17.9 Å². The molecule has 254 valence electrons. The van der Waals surface area contributed by atoms with Crippen molar-refractivity contribution < 1.29 is 27.5 Å². The Morgan fingerprint density at radius 2 is 1.78 bits per heavy atom. The zero-order valence-electron chi connectivity index (χ0n) is 26.3. The third-order valence-electron chi connectivity index (χ3n) is 8.51. The van der Waals surface area contributed by atoms with Crippen molar-refractivity contribution in [1.29, 1.82) is 0 Å². The topological polar surface area (TPSA) is 134 Å². The summed E-state index contributed by atoms with van der Waals surface area (Å²) in [7, 11) is 1.44. The largest absolute Gasteiger partial charge is 0.497 e. The minimum atomic E-state index is -4.92. The fourth-order valence-electron chi connectivity index (χ4n) is 6.08. The second kappa shape index (κ2) is 12.8. The van der Waals surface area contributed by atoms with E-state index in [9.17, 15) is 22.8 Å². The van der Waals surface area contributed by atoms with E-state index < -0.39 is 23.3 Å². The van der Waals surface area contributed by atoms with Gasteiger partial charge in [-0.15, -0.1) is 0 Å². The van der Waals surface area contributed by atoms with E-state index in [0.29, 0.717) is 75.4 Å². The second-order valence-electron chi connectivity index (χ2n) is 11.4. The summed E-state index contributed by atoms with van der Waals surface area (Å²) in [5.41, 5.74) is 0.380. The van der Waals surface area contributed by atoms with Crippen LogP contribution in [0.15, 0.2) is 79.9 Å². The number of hydrogen-bond acceptors (Lipinski definition) is 8. The van der Waals surface area contributed by atoms with Gasteiger partial charge < -0.3 is 19.9 Å². The van der Waals surface area contributed by atoms with Crippen LogP contribution in [-0.4, -0.2) is 79.9 Å². The molecule has 0 radical (unpaired) electrons. The highest BCUT2D eigenvalue weighted by Crippen LogP contribution is 2.42. The molecule has 0 atom stereocenters. The summed E-state index contributed by atoms with van der Waals surface area (Å²) >= 11 is 6.95. The van der Waals surface area contributed by atoms with E-state index in [1.165, 1.54) is 43.8 Å². The van der Waals surface area contributed by atoms with Gasteiger partial charge in [-0.2, -0.15) is 23.4 Å². The van der Waals surface area contributed by atoms with Crippen LogP contribution in [0.5, 0.6) is 5.75 Å². The van der Waals surface area contributed by atoms with Crippen LogP contribution in [0.25, 0.3) is 38.6 Å². The summed E-state index contributed by atoms with van der Waals surface area (Å²) in [6.07, 6.45) is 0.218. The van der Waals surface area contributed by atoms with Crippen LogP contribution in [0.4, 0.5) is 24.7 Å². The molecule has 6 aromatic rings. The summed E-state index contributed by atoms with van der Waals surface area (Å²) in [5, 5.41) is 15.1. The predicted molar refractivity (Wildman–Crippen MR) is 182 cm³/mol. The quantitative estimate of drug-likeness (QED) is 0.190. The van der Waals surface area contributed by atoms with Crippen molar-refractivity contribution in [2.45, 2.75) is 6.18 Å². The zero-order valence-corrected chi connectivity index (χ0v) is 27.1. The minimum Gasteiger partial charge on any atom is -0.497 e. The molecule has 7 rings (SSSR count). The number of hydrogen-bond donors (Lipinski definition) is 2. The lowest BCUT2D eigenvalue weighted by molar-refractivity contribution is -0.143. The van der Waals surface area contributed by atoms with E-state index in [1.54, 1.807) is 35.4 Å². The molecule has 12 nitrogen and oxygen atoms in total. The number of anilines is 2. The van der Waals surface area contributed by atoms with Crippen LogP contribution in [0, 0.1) is 0 Å². The summed E-state index contributed by atoms with van der Waals surface area (Å²) in [6.45, 7) is 5.60. The molecule has 0 bridgehead atoms. The van der Waals surface area contributed by atoms with E-state index in [1.807, 2.05) is 4.90 Å². The summed E-state index contributed by atoms with van der Waals surface area (Å²) in [6, 6.07) is 12.5. The van der Waals surface area contributed by atoms with Crippen LogP contribution >= 0.6 is 11.6 Å². The number of nitrogens with zero attached hydrogens (tertiary/aromatic N) is 7. The Morgan fingerprint density at radius 3 is 2.48 bits per heavy atom. The van der Waals surface area contributed by atoms with Gasteiger partial charge in [-0.3, -0.25) is 14.7 Å². The third kappa shape index (κ3) is 5.85. The molecule has 1 aliphatic rings. The number of nitrogens with one attached hydrogen (secondary N) is 2. The van der Waals surface area contributed by atoms with Crippen LogP contribution in [-0.2, 0) is 11.0 Å². The Kier molecular flexibility index (Phi) is 8.35. The molecule has 50 heavy (non-hydrogen) atoms. The van der Waals surface area contributed by atoms with E-state index in [0.717, 1.165) is 6.20 Å². The second-order valence-corrected chi connectivity index (χ2v) is 11.8. The summed E-state index contributed by atoms with van der Waals surface area (Å²) in [5.74, 6) is -0.0825. The number of piperazine rings is 1. The van der Waals surface area contributed by atoms with Gasteiger partial charge in [-0.25, -0.2) is 14.6 Å². The number of aromatic nitrogens is 6. The van der Waals surface area contributed by atoms with Crippen molar-refractivity contribution in [1.82, 2.24) is 34.8 Å². The highest BCUT2D eigenvalue weighted by molar-refractivity contribution is 6.35. The predicted octanol–water partition coefficient (Wildman–Crippen LogP) is 6.13. The first-order chi connectivity index (χ1) is 24.1. The maximum absolute atomic E-state index is 14.5. The number of carbonyl (C=O) groups is 2. The van der Waals surface area contributed by atoms with E-state index in [4.69, 9.17) is 16.3 Å². The fourth-order valence-corrected chi connectivity index (χ4v) is 6.34. The molecule has 1 aliphatic heterocycles. The van der Waals surface area contributed by atoms with E-state index in [2.05, 4.69) is 37.2 Å². The highest BCUT2D eigenvalue weighted by atomic mass is 35.5. The summed E-state index contributed by atoms with van der Waals surface area (Å²) in [4.78, 5) is 38.5. The van der Waals surface area contributed by atoms with Gasteiger partial charge in [0, 0.05) is 58.8 Å². The highest BCUT2D eigenvalue weighted by Gasteiger charge is 2.41. The van der Waals surface area contributed by atoms with Gasteiger partial charge in [-0.1, -0.05) is 18.2 Å². The van der Waals surface area contributed by atoms with E-state index in [-0.39, 0.29) is 22.3 Å². The smallest absolute Gasteiger partial charge is 0.434 e. The number of fused-ring (bicyclic) bond motifs is 2. The van der Waals surface area contributed by atoms with Crippen LogP contribution in [0.2, 0.25) is 5.02 Å². The molecule has 16 heteroatoms. The molecule has 3 aromatic heterocycles. The lowest BCUT2D eigenvalue weighted by Crippen LogP contribution is -2.48. The van der Waals surface area contributed by atoms with Crippen molar-refractivity contribution in [2.75, 3.05) is 43.5 Å². The molecule has 0 saturated carbocycles. The number of H-pyrrole nitrogens is 1. The van der Waals surface area contributed by atoms with E-state index >= 15 is 0 Å². The number of rotatable bonds is 7. The molecule has 1 fully saturated rings. The number of amides is 2. The van der Waals surface area contributed by atoms with Crippen molar-refractivity contribution in [3.8, 4) is 22.6 Å². The van der Waals surface area contributed by atoms with Gasteiger partial charge in [-0.05, 0) is 54.6 Å². The first-order valence-corrected chi connectivity index (χ1v) is 15.6. The SMILES string of the molecule is C=CC(=O)N1CCN(c2ncnc3cc(-c4c(NC(=O)c5cnn(-c6ccc(OC)cc6)c5C(F)(F)F)ccc5[nH]ncc45)c(Cl)cc23)CC1. The number of ether oxygens (including phenoxy) is 1. The molecular weight excluding hydrogens is 675 g/mol. The summed E-state index contributed by atoms with van der Waals surface area (Å²) < 4.78 is 49.3. The maximum atomic E-state index is 14.5. The standard InChI is InChI=1S/C34H27ClF3N9O3/c1-3-29(48)45-10-12-46(13-11-45)32-22-14-25(35)21(15-28(22)39-18-40-32)30-23-16-41-44-26(23)8-9-27(30)43-33(49)24-17-42-47(31(24)34(36,37)38)19-4-6-20(50-2)7-5-19/h3-9,14-18H,1,10-13H2,2H3,(H,41,44)(H,43,49). The fraction of sp³-hybridized carbons (Fsp3) is 0.176. The Labute approximate surface area is 287 Å². The number of benzene rings is 3. The first kappa shape index (κ1) is 32.6. The molecule has 3 aromatic carbocycles. The first-order valence-electron chi connectivity index (χ1n) is 15.3. The Morgan fingerprint density at radius 1 is 1.02 bits per heavy atom. The molecule has 1 saturated heterocycles. The average molecular weight is 702 g/mol. The normalized spacial score (nSPS) is 13.5. The molecular formula is C34H27ClF3N9O3. The lowest BCUT2D eigenvalue weighted by atomic mass is 9.98. The van der Waals surface area contributed by atoms with Crippen LogP contribution in [0.3, 0.4) is 0 Å². The van der Waals surface area contributed by atoms with Crippen molar-refractivity contribution in [2.24, 2.45) is 0 Å². The van der Waals surface area contributed by atoms with Crippen LogP contribution < -0.4 is 15.0 Å². The van der Waals surface area contributed by atoms with Gasteiger partial charge >= 0.3 is 6.18 Å². The number of aromatic amines is 1. The average Bonchev–Trinajstić information content (AvgIpc) is 3.79. The van der Waals surface area contributed by atoms with Crippen molar-refractivity contribution in [3.05, 3.63) is 96.2 Å².